The predicted octanol–water partition coefficient (Wildman–Crippen LogP) is 3.25. The molecule has 0 atom stereocenters. The number of hydrogen-bond acceptors (Lipinski definition) is 3. The zero-order valence-corrected chi connectivity index (χ0v) is 14.7. The molecule has 0 saturated heterocycles. The minimum Gasteiger partial charge on any atom is -0.338 e. The first-order valence-corrected chi connectivity index (χ1v) is 9.05. The molecule has 0 aliphatic carbocycles. The summed E-state index contributed by atoms with van der Waals surface area (Å²) >= 11 is 0. The molecular weight excluding hydrogens is 326 g/mol. The molecule has 2 aromatic rings. The molecule has 0 heterocycles. The summed E-state index contributed by atoms with van der Waals surface area (Å²) in [7, 11) is -3.74. The average molecular weight is 347 g/mol. The van der Waals surface area contributed by atoms with E-state index in [1.807, 2.05) is 13.8 Å². The third-order valence-corrected chi connectivity index (χ3v) is 4.72. The van der Waals surface area contributed by atoms with Crippen molar-refractivity contribution in [3.63, 3.8) is 0 Å². The van der Waals surface area contributed by atoms with Gasteiger partial charge in [0.25, 0.3) is 10.0 Å². The fourth-order valence-electron chi connectivity index (χ4n) is 2.10. The van der Waals surface area contributed by atoms with Crippen LogP contribution in [0.15, 0.2) is 47.4 Å². The third kappa shape index (κ3) is 4.48. The van der Waals surface area contributed by atoms with E-state index in [2.05, 4.69) is 15.4 Å². The zero-order valence-electron chi connectivity index (χ0n) is 13.9. The molecule has 7 heteroatoms. The third-order valence-electron chi connectivity index (χ3n) is 3.34. The van der Waals surface area contributed by atoms with Crippen molar-refractivity contribution in [1.82, 2.24) is 5.32 Å². The highest BCUT2D eigenvalue weighted by Gasteiger charge is 2.16. The number of carbonyl (C=O) groups is 1. The molecule has 24 heavy (non-hydrogen) atoms. The molecular formula is C17H21N3O3S. The molecule has 0 unspecified atom stereocenters. The molecule has 0 saturated carbocycles. The highest BCUT2D eigenvalue weighted by atomic mass is 32.2. The molecule has 128 valence electrons. The largest absolute Gasteiger partial charge is 0.338 e. The number of carbonyl (C=O) groups excluding carboxylic acids is 1. The van der Waals surface area contributed by atoms with Gasteiger partial charge >= 0.3 is 6.03 Å². The van der Waals surface area contributed by atoms with Crippen LogP contribution < -0.4 is 15.4 Å². The van der Waals surface area contributed by atoms with Gasteiger partial charge in [0.2, 0.25) is 0 Å². The lowest BCUT2D eigenvalue weighted by molar-refractivity contribution is 0.252. The van der Waals surface area contributed by atoms with E-state index in [9.17, 15) is 13.2 Å². The Bertz CT molecular complexity index is 831. The zero-order chi connectivity index (χ0) is 17.7. The van der Waals surface area contributed by atoms with Gasteiger partial charge in [-0.15, -0.1) is 0 Å². The number of benzene rings is 2. The maximum Gasteiger partial charge on any atom is 0.319 e. The molecule has 0 bridgehead atoms. The number of nitrogens with one attached hydrogen (secondary N) is 3. The van der Waals surface area contributed by atoms with E-state index < -0.39 is 10.0 Å². The van der Waals surface area contributed by atoms with Gasteiger partial charge in [-0.3, -0.25) is 4.72 Å². The van der Waals surface area contributed by atoms with Gasteiger partial charge in [-0.25, -0.2) is 13.2 Å². The summed E-state index contributed by atoms with van der Waals surface area (Å²) in [6.45, 7) is 6.03. The summed E-state index contributed by atoms with van der Waals surface area (Å²) in [6.07, 6.45) is 0. The Morgan fingerprint density at radius 3 is 2.21 bits per heavy atom. The van der Waals surface area contributed by atoms with Crippen LogP contribution >= 0.6 is 0 Å². The van der Waals surface area contributed by atoms with Crippen LogP contribution in [0.3, 0.4) is 0 Å². The fraction of sp³-hybridized carbons (Fsp3) is 0.235. The van der Waals surface area contributed by atoms with E-state index in [-0.39, 0.29) is 10.9 Å². The van der Waals surface area contributed by atoms with Crippen LogP contribution in [0.4, 0.5) is 16.2 Å². The Morgan fingerprint density at radius 1 is 0.958 bits per heavy atom. The van der Waals surface area contributed by atoms with E-state index in [4.69, 9.17) is 0 Å². The summed E-state index contributed by atoms with van der Waals surface area (Å²) < 4.78 is 27.6. The topological polar surface area (TPSA) is 87.3 Å². The molecule has 2 rings (SSSR count). The number of sulfonamides is 1. The molecule has 6 nitrogen and oxygen atoms in total. The SMILES string of the molecule is CCNC(=O)Nc1cc(C)ccc1NS(=O)(=O)c1ccc(C)cc1. The first-order valence-electron chi connectivity index (χ1n) is 7.57. The Balaban J connectivity index is 2.31. The van der Waals surface area contributed by atoms with Gasteiger partial charge in [0.05, 0.1) is 16.3 Å². The Hall–Kier alpha value is -2.54. The number of amides is 2. The van der Waals surface area contributed by atoms with Gasteiger partial charge in [-0.1, -0.05) is 23.8 Å². The van der Waals surface area contributed by atoms with Crippen molar-refractivity contribution >= 4 is 27.4 Å². The molecule has 0 radical (unpaired) electrons. The van der Waals surface area contributed by atoms with Crippen molar-refractivity contribution in [2.24, 2.45) is 0 Å². The van der Waals surface area contributed by atoms with Crippen molar-refractivity contribution in [2.45, 2.75) is 25.7 Å². The highest BCUT2D eigenvalue weighted by molar-refractivity contribution is 7.92. The van der Waals surface area contributed by atoms with Gasteiger partial charge in [0, 0.05) is 6.54 Å². The standard InChI is InChI=1S/C17H21N3O3S/c1-4-18-17(21)19-16-11-13(3)7-10-15(16)20-24(22,23)14-8-5-12(2)6-9-14/h5-11,20H,4H2,1-3H3,(H2,18,19,21). The molecule has 2 aromatic carbocycles. The lowest BCUT2D eigenvalue weighted by atomic mass is 10.2. The van der Waals surface area contributed by atoms with Crippen molar-refractivity contribution in [2.75, 3.05) is 16.6 Å². The maximum atomic E-state index is 12.5. The lowest BCUT2D eigenvalue weighted by Crippen LogP contribution is -2.28. The monoisotopic (exact) mass is 347 g/mol. The average Bonchev–Trinajstić information content (AvgIpc) is 2.50. The summed E-state index contributed by atoms with van der Waals surface area (Å²) in [5.74, 6) is 0. The molecule has 0 aliphatic rings. The molecule has 3 N–H and O–H groups in total. The number of hydrogen-bond donors (Lipinski definition) is 3. The normalized spacial score (nSPS) is 11.0. The Morgan fingerprint density at radius 2 is 1.58 bits per heavy atom. The van der Waals surface area contributed by atoms with Gasteiger partial charge in [-0.05, 0) is 50.6 Å². The number of aryl methyl sites for hydroxylation is 2. The van der Waals surface area contributed by atoms with Crippen LogP contribution in [-0.2, 0) is 10.0 Å². The second-order valence-corrected chi connectivity index (χ2v) is 7.13. The number of anilines is 2. The molecule has 0 fully saturated rings. The van der Waals surface area contributed by atoms with Crippen LogP contribution in [0.2, 0.25) is 0 Å². The first-order chi connectivity index (χ1) is 11.3. The smallest absolute Gasteiger partial charge is 0.319 e. The number of urea groups is 1. The Kier molecular flexibility index (Phi) is 5.46. The van der Waals surface area contributed by atoms with Crippen molar-refractivity contribution in [3.05, 3.63) is 53.6 Å². The maximum absolute atomic E-state index is 12.5. The van der Waals surface area contributed by atoms with Crippen molar-refractivity contribution in [3.8, 4) is 0 Å². The van der Waals surface area contributed by atoms with Gasteiger partial charge in [-0.2, -0.15) is 0 Å². The minimum atomic E-state index is -3.74. The van der Waals surface area contributed by atoms with Crippen LogP contribution in [0, 0.1) is 13.8 Å². The van der Waals surface area contributed by atoms with Crippen molar-refractivity contribution in [1.29, 1.82) is 0 Å². The fourth-order valence-corrected chi connectivity index (χ4v) is 3.18. The van der Waals surface area contributed by atoms with Crippen LogP contribution in [0.5, 0.6) is 0 Å². The van der Waals surface area contributed by atoms with Gasteiger partial charge < -0.3 is 10.6 Å². The molecule has 0 aliphatic heterocycles. The van der Waals surface area contributed by atoms with E-state index in [0.717, 1.165) is 11.1 Å². The molecule has 2 amide bonds. The summed E-state index contributed by atoms with van der Waals surface area (Å²) in [6, 6.07) is 11.3. The van der Waals surface area contributed by atoms with E-state index in [1.165, 1.54) is 0 Å². The van der Waals surface area contributed by atoms with E-state index >= 15 is 0 Å². The second-order valence-electron chi connectivity index (χ2n) is 5.45. The highest BCUT2D eigenvalue weighted by Crippen LogP contribution is 2.26. The summed E-state index contributed by atoms with van der Waals surface area (Å²) in [5, 5.41) is 5.27. The second kappa shape index (κ2) is 7.35. The lowest BCUT2D eigenvalue weighted by Gasteiger charge is -2.14. The van der Waals surface area contributed by atoms with Gasteiger partial charge in [0.15, 0.2) is 0 Å². The van der Waals surface area contributed by atoms with Crippen LogP contribution in [0.1, 0.15) is 18.1 Å². The Labute approximate surface area is 142 Å². The predicted molar refractivity (Wildman–Crippen MR) is 95.9 cm³/mol. The van der Waals surface area contributed by atoms with Crippen LogP contribution in [0.25, 0.3) is 0 Å². The molecule has 0 spiro atoms. The minimum absolute atomic E-state index is 0.164. The van der Waals surface area contributed by atoms with Crippen LogP contribution in [-0.4, -0.2) is 21.0 Å². The summed E-state index contributed by atoms with van der Waals surface area (Å²) in [5.41, 5.74) is 2.59. The molecule has 0 aromatic heterocycles. The van der Waals surface area contributed by atoms with Gasteiger partial charge in [0.1, 0.15) is 0 Å². The first kappa shape index (κ1) is 17.8. The van der Waals surface area contributed by atoms with Crippen molar-refractivity contribution < 1.29 is 13.2 Å². The number of rotatable bonds is 5. The quantitative estimate of drug-likeness (QED) is 0.776. The summed E-state index contributed by atoms with van der Waals surface area (Å²) in [4.78, 5) is 11.9. The van der Waals surface area contributed by atoms with E-state index in [1.54, 1.807) is 49.4 Å². The van der Waals surface area contributed by atoms with E-state index in [0.29, 0.717) is 17.9 Å².